The summed E-state index contributed by atoms with van der Waals surface area (Å²) in [6, 6.07) is 3.81. The van der Waals surface area contributed by atoms with E-state index in [0.717, 1.165) is 20.2 Å². The molecule has 0 saturated heterocycles. The third-order valence-corrected chi connectivity index (χ3v) is 4.39. The molecule has 0 aliphatic heterocycles. The number of hydrogen-bond acceptors (Lipinski definition) is 4. The molecular weight excluding hydrogens is 354 g/mol. The van der Waals surface area contributed by atoms with Crippen LogP contribution in [0.2, 0.25) is 0 Å². The Hall–Kier alpha value is -0.270. The van der Waals surface area contributed by atoms with E-state index in [9.17, 15) is 0 Å². The Morgan fingerprint density at radius 1 is 1.31 bits per heavy atom. The quantitative estimate of drug-likeness (QED) is 0.651. The highest BCUT2D eigenvalue weighted by Gasteiger charge is 2.17. The standard InChI is InChI=1S/C10H9Br2N3S/c11-6-1-2-9(14-3-6)10(15-13)7-4-16-5-8(7)12/h1-5,10,15H,13H2. The van der Waals surface area contributed by atoms with Gasteiger partial charge >= 0.3 is 0 Å². The second-order valence-electron chi connectivity index (χ2n) is 3.18. The van der Waals surface area contributed by atoms with Crippen LogP contribution in [0.4, 0.5) is 0 Å². The van der Waals surface area contributed by atoms with E-state index < -0.39 is 0 Å². The van der Waals surface area contributed by atoms with Gasteiger partial charge in [0.05, 0.1) is 11.7 Å². The van der Waals surface area contributed by atoms with Crippen LogP contribution >= 0.6 is 43.2 Å². The molecular formula is C10H9Br2N3S. The molecule has 0 amide bonds. The molecule has 6 heteroatoms. The number of nitrogens with two attached hydrogens (primary N) is 1. The molecule has 2 aromatic heterocycles. The lowest BCUT2D eigenvalue weighted by atomic mass is 10.1. The highest BCUT2D eigenvalue weighted by atomic mass is 79.9. The van der Waals surface area contributed by atoms with Gasteiger partial charge in [-0.15, -0.1) is 0 Å². The molecule has 0 saturated carbocycles. The highest BCUT2D eigenvalue weighted by molar-refractivity contribution is 9.10. The molecule has 0 aliphatic carbocycles. The van der Waals surface area contributed by atoms with Gasteiger partial charge in [-0.1, -0.05) is 0 Å². The summed E-state index contributed by atoms with van der Waals surface area (Å²) >= 11 is 8.48. The lowest BCUT2D eigenvalue weighted by Crippen LogP contribution is -2.29. The van der Waals surface area contributed by atoms with Crippen molar-refractivity contribution in [2.45, 2.75) is 6.04 Å². The topological polar surface area (TPSA) is 50.9 Å². The molecule has 2 rings (SSSR count). The normalized spacial score (nSPS) is 12.7. The first-order valence-electron chi connectivity index (χ1n) is 4.51. The maximum absolute atomic E-state index is 5.59. The number of nitrogens with one attached hydrogen (secondary N) is 1. The van der Waals surface area contributed by atoms with Crippen molar-refractivity contribution in [1.82, 2.24) is 10.4 Å². The van der Waals surface area contributed by atoms with E-state index >= 15 is 0 Å². The van der Waals surface area contributed by atoms with Gasteiger partial charge in [0.1, 0.15) is 0 Å². The van der Waals surface area contributed by atoms with E-state index in [0.29, 0.717) is 0 Å². The minimum atomic E-state index is -0.0891. The Bertz CT molecular complexity index is 469. The lowest BCUT2D eigenvalue weighted by molar-refractivity contribution is 0.620. The predicted molar refractivity (Wildman–Crippen MR) is 73.1 cm³/mol. The van der Waals surface area contributed by atoms with E-state index in [-0.39, 0.29) is 6.04 Å². The van der Waals surface area contributed by atoms with Gasteiger partial charge in [-0.2, -0.15) is 11.3 Å². The summed E-state index contributed by atoms with van der Waals surface area (Å²) in [6.07, 6.45) is 1.76. The fourth-order valence-electron chi connectivity index (χ4n) is 1.39. The number of hydrogen-bond donors (Lipinski definition) is 2. The Morgan fingerprint density at radius 2 is 2.12 bits per heavy atom. The second kappa shape index (κ2) is 5.37. The van der Waals surface area contributed by atoms with E-state index in [1.807, 2.05) is 17.5 Å². The van der Waals surface area contributed by atoms with Gasteiger partial charge in [-0.25, -0.2) is 5.43 Å². The number of aromatic nitrogens is 1. The van der Waals surface area contributed by atoms with Gasteiger partial charge < -0.3 is 0 Å². The molecule has 0 fully saturated rings. The maximum atomic E-state index is 5.59. The molecule has 1 unspecified atom stereocenters. The minimum absolute atomic E-state index is 0.0891. The molecule has 2 heterocycles. The molecule has 0 aliphatic rings. The van der Waals surface area contributed by atoms with Crippen LogP contribution in [-0.2, 0) is 0 Å². The average Bonchev–Trinajstić information content (AvgIpc) is 2.69. The average molecular weight is 363 g/mol. The number of rotatable bonds is 3. The van der Waals surface area contributed by atoms with Crippen molar-refractivity contribution in [2.75, 3.05) is 0 Å². The van der Waals surface area contributed by atoms with Crippen LogP contribution in [0, 0.1) is 0 Å². The lowest BCUT2D eigenvalue weighted by Gasteiger charge is -2.14. The number of halogens is 2. The van der Waals surface area contributed by atoms with Crippen LogP contribution in [0.1, 0.15) is 17.3 Å². The van der Waals surface area contributed by atoms with E-state index in [1.165, 1.54) is 0 Å². The molecule has 3 N–H and O–H groups in total. The zero-order chi connectivity index (χ0) is 11.5. The van der Waals surface area contributed by atoms with Gasteiger partial charge in [-0.05, 0) is 49.4 Å². The monoisotopic (exact) mass is 361 g/mol. The summed E-state index contributed by atoms with van der Waals surface area (Å²) in [5, 5.41) is 4.08. The van der Waals surface area contributed by atoms with Crippen LogP contribution in [0.5, 0.6) is 0 Å². The van der Waals surface area contributed by atoms with Gasteiger partial charge in [0, 0.05) is 26.1 Å². The zero-order valence-corrected chi connectivity index (χ0v) is 12.1. The van der Waals surface area contributed by atoms with Gasteiger partial charge in [0.25, 0.3) is 0 Å². The number of nitrogens with zero attached hydrogens (tertiary/aromatic N) is 1. The Balaban J connectivity index is 2.37. The van der Waals surface area contributed by atoms with Crippen LogP contribution in [-0.4, -0.2) is 4.98 Å². The minimum Gasteiger partial charge on any atom is -0.271 e. The fraction of sp³-hybridized carbons (Fsp3) is 0.100. The molecule has 1 atom stereocenters. The summed E-state index contributed by atoms with van der Waals surface area (Å²) in [5.41, 5.74) is 4.77. The van der Waals surface area contributed by atoms with E-state index in [4.69, 9.17) is 5.84 Å². The summed E-state index contributed by atoms with van der Waals surface area (Å²) in [7, 11) is 0. The zero-order valence-electron chi connectivity index (χ0n) is 8.15. The number of thiophene rings is 1. The molecule has 0 radical (unpaired) electrons. The third kappa shape index (κ3) is 2.52. The smallest absolute Gasteiger partial charge is 0.0900 e. The van der Waals surface area contributed by atoms with Crippen molar-refractivity contribution in [2.24, 2.45) is 5.84 Å². The molecule has 2 aromatic rings. The first-order chi connectivity index (χ1) is 7.72. The van der Waals surface area contributed by atoms with Crippen molar-refractivity contribution < 1.29 is 0 Å². The third-order valence-electron chi connectivity index (χ3n) is 2.17. The maximum Gasteiger partial charge on any atom is 0.0900 e. The Kier molecular flexibility index (Phi) is 4.10. The molecule has 0 aromatic carbocycles. The molecule has 16 heavy (non-hydrogen) atoms. The van der Waals surface area contributed by atoms with Crippen molar-refractivity contribution in [3.8, 4) is 0 Å². The number of pyridine rings is 1. The van der Waals surface area contributed by atoms with Crippen LogP contribution in [0.3, 0.4) is 0 Å². The largest absolute Gasteiger partial charge is 0.271 e. The second-order valence-corrected chi connectivity index (χ2v) is 5.69. The van der Waals surface area contributed by atoms with Crippen molar-refractivity contribution in [3.63, 3.8) is 0 Å². The van der Waals surface area contributed by atoms with Crippen LogP contribution in [0.25, 0.3) is 0 Å². The Labute approximate surface area is 114 Å². The van der Waals surface area contributed by atoms with Gasteiger partial charge in [-0.3, -0.25) is 10.8 Å². The first-order valence-corrected chi connectivity index (χ1v) is 7.04. The molecule has 84 valence electrons. The highest BCUT2D eigenvalue weighted by Crippen LogP contribution is 2.30. The van der Waals surface area contributed by atoms with Gasteiger partial charge in [0.2, 0.25) is 0 Å². The fourth-order valence-corrected chi connectivity index (χ4v) is 3.18. The van der Waals surface area contributed by atoms with Crippen molar-refractivity contribution in [1.29, 1.82) is 0 Å². The predicted octanol–water partition coefficient (Wildman–Crippen LogP) is 3.22. The Morgan fingerprint density at radius 3 is 2.62 bits per heavy atom. The first kappa shape index (κ1) is 12.2. The SMILES string of the molecule is NNC(c1ccc(Br)cn1)c1cscc1Br. The van der Waals surface area contributed by atoms with Crippen LogP contribution < -0.4 is 11.3 Å². The number of hydrazine groups is 1. The summed E-state index contributed by atoms with van der Waals surface area (Å²) in [6.45, 7) is 0. The summed E-state index contributed by atoms with van der Waals surface area (Å²) < 4.78 is 2.00. The summed E-state index contributed by atoms with van der Waals surface area (Å²) in [5.74, 6) is 5.59. The molecule has 0 bridgehead atoms. The van der Waals surface area contributed by atoms with Gasteiger partial charge in [0.15, 0.2) is 0 Å². The van der Waals surface area contributed by atoms with E-state index in [2.05, 4.69) is 47.6 Å². The summed E-state index contributed by atoms with van der Waals surface area (Å²) in [4.78, 5) is 4.34. The van der Waals surface area contributed by atoms with Crippen molar-refractivity contribution in [3.05, 3.63) is 49.3 Å². The van der Waals surface area contributed by atoms with E-state index in [1.54, 1.807) is 17.5 Å². The molecule has 0 spiro atoms. The molecule has 3 nitrogen and oxygen atoms in total. The van der Waals surface area contributed by atoms with Crippen LogP contribution in [0.15, 0.2) is 38.0 Å². The van der Waals surface area contributed by atoms with Crippen molar-refractivity contribution >= 4 is 43.2 Å².